The second-order valence-corrected chi connectivity index (χ2v) is 4.06. The molecule has 0 aliphatic carbocycles. The van der Waals surface area contributed by atoms with Crippen molar-refractivity contribution in [3.8, 4) is 0 Å². The summed E-state index contributed by atoms with van der Waals surface area (Å²) in [4.78, 5) is 11.9. The average molecular weight is 204 g/mol. The lowest BCUT2D eigenvalue weighted by atomic mass is 9.92. The highest BCUT2D eigenvalue weighted by Crippen LogP contribution is 2.18. The molecule has 1 aromatic rings. The van der Waals surface area contributed by atoms with Crippen LogP contribution in [0.4, 0.5) is 0 Å². The molecule has 15 heavy (non-hydrogen) atoms. The minimum absolute atomic E-state index is 0.288. The van der Waals surface area contributed by atoms with Gasteiger partial charge in [0, 0.05) is 12.0 Å². The van der Waals surface area contributed by atoms with E-state index in [4.69, 9.17) is 0 Å². The van der Waals surface area contributed by atoms with Crippen molar-refractivity contribution in [2.75, 3.05) is 0 Å². The monoisotopic (exact) mass is 204 g/mol. The molecule has 1 nitrogen and oxygen atoms in total. The Balaban J connectivity index is 2.55. The topological polar surface area (TPSA) is 17.1 Å². The molecule has 0 aromatic heterocycles. The summed E-state index contributed by atoms with van der Waals surface area (Å²) in [6.07, 6.45) is 4.14. The molecule has 0 radical (unpaired) electrons. The van der Waals surface area contributed by atoms with Crippen molar-refractivity contribution in [3.05, 3.63) is 35.9 Å². The highest BCUT2D eigenvalue weighted by atomic mass is 16.1. The Kier molecular flexibility index (Phi) is 5.09. The van der Waals surface area contributed by atoms with Crippen LogP contribution in [0.2, 0.25) is 0 Å². The molecule has 0 N–H and O–H groups in total. The Hall–Kier alpha value is -1.11. The van der Waals surface area contributed by atoms with E-state index in [1.165, 1.54) is 6.42 Å². The first-order chi connectivity index (χ1) is 7.27. The van der Waals surface area contributed by atoms with E-state index in [2.05, 4.69) is 13.8 Å². The SMILES string of the molecule is CCC[C@@H](CC)CC(=O)c1ccccc1. The molecule has 1 heteroatoms. The second kappa shape index (κ2) is 6.39. The van der Waals surface area contributed by atoms with E-state index < -0.39 is 0 Å². The van der Waals surface area contributed by atoms with Crippen molar-refractivity contribution in [2.24, 2.45) is 5.92 Å². The van der Waals surface area contributed by atoms with Gasteiger partial charge in [-0.15, -0.1) is 0 Å². The number of carbonyl (C=O) groups excluding carboxylic acids is 1. The molecule has 1 atom stereocenters. The molecule has 0 fully saturated rings. The lowest BCUT2D eigenvalue weighted by Gasteiger charge is -2.12. The molecule has 0 heterocycles. The van der Waals surface area contributed by atoms with E-state index in [0.29, 0.717) is 12.3 Å². The fourth-order valence-electron chi connectivity index (χ4n) is 1.86. The summed E-state index contributed by atoms with van der Waals surface area (Å²) in [7, 11) is 0. The molecule has 0 bridgehead atoms. The quantitative estimate of drug-likeness (QED) is 0.638. The Labute approximate surface area is 92.5 Å². The predicted octanol–water partition coefficient (Wildman–Crippen LogP) is 4.09. The molecule has 0 spiro atoms. The van der Waals surface area contributed by atoms with E-state index in [1.807, 2.05) is 30.3 Å². The summed E-state index contributed by atoms with van der Waals surface area (Å²) in [5, 5.41) is 0. The van der Waals surface area contributed by atoms with Gasteiger partial charge in [-0.1, -0.05) is 63.4 Å². The van der Waals surface area contributed by atoms with Gasteiger partial charge in [0.2, 0.25) is 0 Å². The first-order valence-corrected chi connectivity index (χ1v) is 5.86. The molecular weight excluding hydrogens is 184 g/mol. The first-order valence-electron chi connectivity index (χ1n) is 5.86. The van der Waals surface area contributed by atoms with Gasteiger partial charge in [0.25, 0.3) is 0 Å². The Morgan fingerprint density at radius 1 is 1.20 bits per heavy atom. The van der Waals surface area contributed by atoms with Crippen molar-refractivity contribution >= 4 is 5.78 Å². The summed E-state index contributed by atoms with van der Waals surface area (Å²) in [6.45, 7) is 4.34. The number of hydrogen-bond acceptors (Lipinski definition) is 1. The summed E-state index contributed by atoms with van der Waals surface area (Å²) in [5.41, 5.74) is 0.854. The standard InChI is InChI=1S/C14H20O/c1-3-8-12(4-2)11-14(15)13-9-6-5-7-10-13/h5-7,9-10,12H,3-4,8,11H2,1-2H3/t12-/m1/s1. The lowest BCUT2D eigenvalue weighted by molar-refractivity contribution is 0.0957. The minimum atomic E-state index is 0.288. The van der Waals surface area contributed by atoms with Crippen LogP contribution in [0, 0.1) is 5.92 Å². The van der Waals surface area contributed by atoms with Gasteiger partial charge in [-0.05, 0) is 5.92 Å². The molecule has 0 aliphatic heterocycles. The van der Waals surface area contributed by atoms with Crippen LogP contribution < -0.4 is 0 Å². The van der Waals surface area contributed by atoms with E-state index in [9.17, 15) is 4.79 Å². The molecule has 82 valence electrons. The Bertz CT molecular complexity index is 289. The molecule has 0 aliphatic rings. The van der Waals surface area contributed by atoms with Gasteiger partial charge < -0.3 is 0 Å². The van der Waals surface area contributed by atoms with Crippen LogP contribution in [-0.4, -0.2) is 5.78 Å². The van der Waals surface area contributed by atoms with Crippen LogP contribution in [0.25, 0.3) is 0 Å². The second-order valence-electron chi connectivity index (χ2n) is 4.06. The number of benzene rings is 1. The van der Waals surface area contributed by atoms with Crippen LogP contribution in [-0.2, 0) is 0 Å². The van der Waals surface area contributed by atoms with Gasteiger partial charge in [0.15, 0.2) is 5.78 Å². The number of rotatable bonds is 6. The highest BCUT2D eigenvalue weighted by Gasteiger charge is 2.12. The number of hydrogen-bond donors (Lipinski definition) is 0. The van der Waals surface area contributed by atoms with Crippen molar-refractivity contribution in [3.63, 3.8) is 0 Å². The fourth-order valence-corrected chi connectivity index (χ4v) is 1.86. The maximum Gasteiger partial charge on any atom is 0.163 e. The first kappa shape index (κ1) is 12.0. The smallest absolute Gasteiger partial charge is 0.163 e. The Morgan fingerprint density at radius 3 is 2.40 bits per heavy atom. The third kappa shape index (κ3) is 3.86. The van der Waals surface area contributed by atoms with Gasteiger partial charge >= 0.3 is 0 Å². The van der Waals surface area contributed by atoms with Crippen LogP contribution >= 0.6 is 0 Å². The molecule has 0 saturated heterocycles. The molecule has 1 rings (SSSR count). The van der Waals surface area contributed by atoms with Gasteiger partial charge in [-0.25, -0.2) is 0 Å². The zero-order chi connectivity index (χ0) is 11.1. The van der Waals surface area contributed by atoms with E-state index >= 15 is 0 Å². The Morgan fingerprint density at radius 2 is 1.87 bits per heavy atom. The van der Waals surface area contributed by atoms with E-state index in [-0.39, 0.29) is 5.78 Å². The third-order valence-electron chi connectivity index (χ3n) is 2.84. The maximum absolute atomic E-state index is 11.9. The summed E-state index contributed by atoms with van der Waals surface area (Å²) in [5.74, 6) is 0.846. The van der Waals surface area contributed by atoms with Crippen molar-refractivity contribution in [2.45, 2.75) is 39.5 Å². The van der Waals surface area contributed by atoms with Crippen LogP contribution in [0.15, 0.2) is 30.3 Å². The van der Waals surface area contributed by atoms with Crippen LogP contribution in [0.3, 0.4) is 0 Å². The van der Waals surface area contributed by atoms with Crippen LogP contribution in [0.1, 0.15) is 49.9 Å². The molecule has 0 amide bonds. The predicted molar refractivity (Wildman–Crippen MR) is 64.1 cm³/mol. The van der Waals surface area contributed by atoms with E-state index in [1.54, 1.807) is 0 Å². The van der Waals surface area contributed by atoms with Crippen molar-refractivity contribution in [1.29, 1.82) is 0 Å². The van der Waals surface area contributed by atoms with Crippen molar-refractivity contribution < 1.29 is 4.79 Å². The van der Waals surface area contributed by atoms with Gasteiger partial charge in [-0.3, -0.25) is 4.79 Å². The third-order valence-corrected chi connectivity index (χ3v) is 2.84. The molecule has 0 saturated carbocycles. The fraction of sp³-hybridized carbons (Fsp3) is 0.500. The minimum Gasteiger partial charge on any atom is -0.294 e. The number of Topliss-reactive ketones (excluding diaryl/α,β-unsaturated/α-hetero) is 1. The van der Waals surface area contributed by atoms with Gasteiger partial charge in [-0.2, -0.15) is 0 Å². The van der Waals surface area contributed by atoms with Crippen LogP contribution in [0.5, 0.6) is 0 Å². The summed E-state index contributed by atoms with van der Waals surface area (Å²) < 4.78 is 0. The number of ketones is 1. The molecule has 1 aromatic carbocycles. The normalized spacial score (nSPS) is 12.4. The molecular formula is C14H20O. The highest BCUT2D eigenvalue weighted by molar-refractivity contribution is 5.96. The van der Waals surface area contributed by atoms with Gasteiger partial charge in [0.05, 0.1) is 0 Å². The molecule has 0 unspecified atom stereocenters. The maximum atomic E-state index is 11.9. The zero-order valence-corrected chi connectivity index (χ0v) is 9.70. The summed E-state index contributed by atoms with van der Waals surface area (Å²) >= 11 is 0. The lowest BCUT2D eigenvalue weighted by Crippen LogP contribution is -2.07. The number of carbonyl (C=O) groups is 1. The van der Waals surface area contributed by atoms with Crippen molar-refractivity contribution in [1.82, 2.24) is 0 Å². The zero-order valence-electron chi connectivity index (χ0n) is 9.70. The average Bonchev–Trinajstić information content (AvgIpc) is 2.29. The summed E-state index contributed by atoms with van der Waals surface area (Å²) in [6, 6.07) is 9.60. The van der Waals surface area contributed by atoms with E-state index in [0.717, 1.165) is 18.4 Å². The largest absolute Gasteiger partial charge is 0.294 e. The van der Waals surface area contributed by atoms with Gasteiger partial charge in [0.1, 0.15) is 0 Å².